The lowest BCUT2D eigenvalue weighted by Crippen LogP contribution is -2.30. The third-order valence-corrected chi connectivity index (χ3v) is 4.87. The van der Waals surface area contributed by atoms with Gasteiger partial charge >= 0.3 is 24.2 Å². The van der Waals surface area contributed by atoms with Gasteiger partial charge in [0.2, 0.25) is 11.8 Å². The lowest BCUT2D eigenvalue weighted by Gasteiger charge is -2.09. The Hall–Kier alpha value is -4.76. The van der Waals surface area contributed by atoms with Gasteiger partial charge in [-0.1, -0.05) is 24.3 Å². The van der Waals surface area contributed by atoms with Gasteiger partial charge < -0.3 is 10.6 Å². The molecule has 16 heteroatoms. The van der Waals surface area contributed by atoms with Crippen molar-refractivity contribution in [3.63, 3.8) is 0 Å². The van der Waals surface area contributed by atoms with Gasteiger partial charge in [-0.05, 0) is 49.2 Å². The number of anilines is 2. The number of hydrogen-bond donors (Lipinski definition) is 4. The minimum absolute atomic E-state index is 0.133. The van der Waals surface area contributed by atoms with E-state index in [0.29, 0.717) is 11.1 Å². The maximum Gasteiger partial charge on any atom is 0.471 e. The fourth-order valence-electron chi connectivity index (χ4n) is 2.81. The largest absolute Gasteiger partial charge is 0.471 e. The predicted molar refractivity (Wildman–Crippen MR) is 132 cm³/mol. The Morgan fingerprint density at radius 1 is 0.650 bits per heavy atom. The number of hydrazone groups is 2. The third kappa shape index (κ3) is 10.2. The Morgan fingerprint density at radius 3 is 1.32 bits per heavy atom. The molecule has 2 aromatic carbocycles. The first-order valence-corrected chi connectivity index (χ1v) is 11.2. The predicted octanol–water partition coefficient (Wildman–Crippen LogP) is 3.85. The van der Waals surface area contributed by atoms with Gasteiger partial charge in [0.1, 0.15) is 0 Å². The molecule has 0 radical (unpaired) electrons. The highest BCUT2D eigenvalue weighted by molar-refractivity contribution is 6.02. The van der Waals surface area contributed by atoms with Crippen molar-refractivity contribution in [2.24, 2.45) is 10.2 Å². The van der Waals surface area contributed by atoms with Gasteiger partial charge in [-0.3, -0.25) is 19.2 Å². The monoisotopic (exact) mass is 572 g/mol. The molecule has 2 aromatic rings. The van der Waals surface area contributed by atoms with E-state index in [1.807, 2.05) is 0 Å². The first-order valence-electron chi connectivity index (χ1n) is 11.2. The summed E-state index contributed by atoms with van der Waals surface area (Å²) in [5, 5.41) is 11.0. The lowest BCUT2D eigenvalue weighted by atomic mass is 10.1. The molecule has 2 rings (SSSR count). The molecule has 4 N–H and O–H groups in total. The van der Waals surface area contributed by atoms with Crippen LogP contribution in [0.4, 0.5) is 37.7 Å². The maximum atomic E-state index is 12.4. The van der Waals surface area contributed by atoms with E-state index in [2.05, 4.69) is 21.1 Å². The van der Waals surface area contributed by atoms with Gasteiger partial charge in [-0.15, -0.1) is 0 Å². The number of hydrogen-bond acceptors (Lipinski definition) is 6. The number of rotatable bonds is 9. The van der Waals surface area contributed by atoms with Gasteiger partial charge in [0.05, 0.1) is 11.4 Å². The average molecular weight is 572 g/mol. The van der Waals surface area contributed by atoms with Crippen molar-refractivity contribution in [1.82, 2.24) is 10.9 Å². The van der Waals surface area contributed by atoms with E-state index in [4.69, 9.17) is 0 Å². The zero-order chi connectivity index (χ0) is 30.1. The summed E-state index contributed by atoms with van der Waals surface area (Å²) in [7, 11) is 0. The van der Waals surface area contributed by atoms with Crippen molar-refractivity contribution in [2.75, 3.05) is 10.6 Å². The summed E-state index contributed by atoms with van der Waals surface area (Å²) >= 11 is 0. The van der Waals surface area contributed by atoms with Crippen molar-refractivity contribution in [3.05, 3.63) is 59.7 Å². The minimum atomic E-state index is -5.06. The smallest absolute Gasteiger partial charge is 0.318 e. The van der Waals surface area contributed by atoms with Crippen LogP contribution in [-0.4, -0.2) is 47.4 Å². The summed E-state index contributed by atoms with van der Waals surface area (Å²) in [5.74, 6) is -5.61. The van der Waals surface area contributed by atoms with Crippen molar-refractivity contribution in [3.8, 4) is 0 Å². The Kier molecular flexibility index (Phi) is 10.5. The van der Waals surface area contributed by atoms with Crippen molar-refractivity contribution in [2.45, 2.75) is 39.0 Å². The second-order valence-corrected chi connectivity index (χ2v) is 8.03. The van der Waals surface area contributed by atoms with E-state index in [1.165, 1.54) is 62.4 Å². The molecule has 0 saturated heterocycles. The van der Waals surface area contributed by atoms with Crippen molar-refractivity contribution >= 4 is 46.4 Å². The van der Waals surface area contributed by atoms with Gasteiger partial charge in [-0.2, -0.15) is 36.5 Å². The zero-order valence-electron chi connectivity index (χ0n) is 20.8. The molecule has 40 heavy (non-hydrogen) atoms. The second kappa shape index (κ2) is 13.3. The molecule has 0 unspecified atom stereocenters. The molecule has 0 heterocycles. The molecule has 0 bridgehead atoms. The zero-order valence-corrected chi connectivity index (χ0v) is 20.8. The summed E-state index contributed by atoms with van der Waals surface area (Å²) < 4.78 is 74.5. The highest BCUT2D eigenvalue weighted by Gasteiger charge is 2.39. The van der Waals surface area contributed by atoms with Crippen molar-refractivity contribution in [1.29, 1.82) is 0 Å². The van der Waals surface area contributed by atoms with Crippen LogP contribution in [0.5, 0.6) is 0 Å². The highest BCUT2D eigenvalue weighted by Crippen LogP contribution is 2.20. The van der Waals surface area contributed by atoms with Crippen LogP contribution in [0.25, 0.3) is 0 Å². The van der Waals surface area contributed by atoms with Crippen LogP contribution in [0.1, 0.15) is 37.8 Å². The summed E-state index contributed by atoms with van der Waals surface area (Å²) in [6.45, 7) is 2.91. The standard InChI is InChI=1S/C24H22F6N6O4/c1-13(15-5-3-7-17(11-15)31-21(39)23(25,26)27)33-35-19(37)9-10-20(38)36-34-14(2)16-6-4-8-18(12-16)32-22(40)24(28,29)30/h3-8,11-12H,9-10H2,1-2H3,(H,31,39)(H,32,40)(H,35,37)(H,36,38)/b33-13-,34-14-. The Morgan fingerprint density at radius 2 is 1.00 bits per heavy atom. The number of alkyl halides is 6. The first-order chi connectivity index (χ1) is 18.6. The van der Waals surface area contributed by atoms with Crippen molar-refractivity contribution < 1.29 is 45.5 Å². The Balaban J connectivity index is 1.87. The molecule has 0 spiro atoms. The molecular weight excluding hydrogens is 550 g/mol. The molecule has 0 aromatic heterocycles. The number of carbonyl (C=O) groups excluding carboxylic acids is 4. The van der Waals surface area contributed by atoms with Crippen LogP contribution in [0.2, 0.25) is 0 Å². The van der Waals surface area contributed by atoms with Crippen LogP contribution in [0.15, 0.2) is 58.7 Å². The van der Waals surface area contributed by atoms with E-state index >= 15 is 0 Å². The number of nitrogens with one attached hydrogen (secondary N) is 4. The van der Waals surface area contributed by atoms with E-state index in [9.17, 15) is 45.5 Å². The molecule has 214 valence electrons. The van der Waals surface area contributed by atoms with E-state index < -0.39 is 36.0 Å². The third-order valence-electron chi connectivity index (χ3n) is 4.87. The first kappa shape index (κ1) is 31.5. The molecule has 0 fully saturated rings. The quantitative estimate of drug-likeness (QED) is 0.206. The Labute approximate surface area is 222 Å². The summed E-state index contributed by atoms with van der Waals surface area (Å²) in [5.41, 5.74) is 5.15. The highest BCUT2D eigenvalue weighted by atomic mass is 19.4. The lowest BCUT2D eigenvalue weighted by molar-refractivity contribution is -0.167. The second-order valence-electron chi connectivity index (χ2n) is 8.03. The molecular formula is C24H22F6N6O4. The summed E-state index contributed by atoms with van der Waals surface area (Å²) in [4.78, 5) is 46.2. The maximum absolute atomic E-state index is 12.4. The average Bonchev–Trinajstić information content (AvgIpc) is 2.88. The van der Waals surface area contributed by atoms with Crippen LogP contribution in [0, 0.1) is 0 Å². The summed E-state index contributed by atoms with van der Waals surface area (Å²) in [6.07, 6.45) is -10.7. The fourth-order valence-corrected chi connectivity index (χ4v) is 2.81. The van der Waals surface area contributed by atoms with Crippen LogP contribution >= 0.6 is 0 Å². The minimum Gasteiger partial charge on any atom is -0.318 e. The normalized spacial score (nSPS) is 12.4. The van der Waals surface area contributed by atoms with Gasteiger partial charge in [-0.25, -0.2) is 10.9 Å². The molecule has 0 aliphatic heterocycles. The molecule has 0 saturated carbocycles. The van der Waals surface area contributed by atoms with E-state index in [0.717, 1.165) is 0 Å². The SMILES string of the molecule is C/C(=N/NC(=O)CCC(=O)N/N=C(/C)c1cccc(NC(=O)C(F)(F)F)c1)c1cccc(NC(=O)C(F)(F)F)c1. The van der Waals surface area contributed by atoms with Crippen LogP contribution < -0.4 is 21.5 Å². The Bertz CT molecular complexity index is 1240. The molecule has 0 aliphatic carbocycles. The number of nitrogens with zero attached hydrogens (tertiary/aromatic N) is 2. The molecule has 0 atom stereocenters. The fraction of sp³-hybridized carbons (Fsp3) is 0.250. The van der Waals surface area contributed by atoms with E-state index in [1.54, 1.807) is 10.6 Å². The van der Waals surface area contributed by atoms with Gasteiger partial charge in [0, 0.05) is 24.2 Å². The van der Waals surface area contributed by atoms with Crippen LogP contribution in [0.3, 0.4) is 0 Å². The number of amides is 4. The van der Waals surface area contributed by atoms with Gasteiger partial charge in [0.15, 0.2) is 0 Å². The number of benzene rings is 2. The van der Waals surface area contributed by atoms with E-state index in [-0.39, 0.29) is 35.6 Å². The number of carbonyl (C=O) groups is 4. The summed E-state index contributed by atoms with van der Waals surface area (Å²) in [6, 6.07) is 10.7. The van der Waals surface area contributed by atoms with Crippen LogP contribution in [-0.2, 0) is 19.2 Å². The molecule has 4 amide bonds. The van der Waals surface area contributed by atoms with Gasteiger partial charge in [0.25, 0.3) is 0 Å². The number of halogens is 6. The molecule has 0 aliphatic rings. The topological polar surface area (TPSA) is 141 Å². The molecule has 10 nitrogen and oxygen atoms in total.